The first-order chi connectivity index (χ1) is 10.0. The van der Waals surface area contributed by atoms with Crippen LogP contribution in [0, 0.1) is 0 Å². The molecule has 0 saturated heterocycles. The highest BCUT2D eigenvalue weighted by atomic mass is 32.2. The van der Waals surface area contributed by atoms with Crippen LogP contribution in [0.1, 0.15) is 30.0 Å². The average molecular weight is 311 g/mol. The molecule has 21 heavy (non-hydrogen) atoms. The second kappa shape index (κ2) is 5.85. The van der Waals surface area contributed by atoms with E-state index in [1.54, 1.807) is 0 Å². The molecule has 0 saturated carbocycles. The standard InChI is InChI=1S/C15H21NO4S/c1-21(17,18)8-2-3-13-12-10-15-14(19-6-7-20-15)9-11(12)4-5-16-13/h9-10,13,16H,2-8H2,1H3. The zero-order valence-corrected chi connectivity index (χ0v) is 13.0. The van der Waals surface area contributed by atoms with Crippen LogP contribution in [0.2, 0.25) is 0 Å². The van der Waals surface area contributed by atoms with E-state index in [0.29, 0.717) is 19.6 Å². The van der Waals surface area contributed by atoms with Gasteiger partial charge in [-0.3, -0.25) is 0 Å². The molecule has 0 aliphatic carbocycles. The van der Waals surface area contributed by atoms with Crippen molar-refractivity contribution in [3.63, 3.8) is 0 Å². The van der Waals surface area contributed by atoms with E-state index in [4.69, 9.17) is 9.47 Å². The fourth-order valence-corrected chi connectivity index (χ4v) is 3.68. The first-order valence-electron chi connectivity index (χ1n) is 7.36. The van der Waals surface area contributed by atoms with E-state index >= 15 is 0 Å². The van der Waals surface area contributed by atoms with Crippen molar-refractivity contribution in [1.29, 1.82) is 0 Å². The van der Waals surface area contributed by atoms with Crippen LogP contribution in [-0.4, -0.2) is 40.2 Å². The molecule has 1 N–H and O–H groups in total. The topological polar surface area (TPSA) is 64.6 Å². The van der Waals surface area contributed by atoms with E-state index in [1.807, 2.05) is 0 Å². The van der Waals surface area contributed by atoms with Gasteiger partial charge in [-0.1, -0.05) is 0 Å². The minimum absolute atomic E-state index is 0.200. The number of sulfone groups is 1. The van der Waals surface area contributed by atoms with Crippen molar-refractivity contribution >= 4 is 9.84 Å². The van der Waals surface area contributed by atoms with Crippen LogP contribution >= 0.6 is 0 Å². The third-order valence-corrected chi connectivity index (χ3v) is 5.00. The van der Waals surface area contributed by atoms with Gasteiger partial charge >= 0.3 is 0 Å². The maximum absolute atomic E-state index is 11.3. The van der Waals surface area contributed by atoms with Gasteiger partial charge in [-0.15, -0.1) is 0 Å². The molecule has 1 unspecified atom stereocenters. The van der Waals surface area contributed by atoms with Gasteiger partial charge in [-0.05, 0) is 49.1 Å². The molecular formula is C15H21NO4S. The minimum Gasteiger partial charge on any atom is -0.486 e. The zero-order valence-electron chi connectivity index (χ0n) is 12.2. The molecule has 2 aliphatic rings. The van der Waals surface area contributed by atoms with Crippen molar-refractivity contribution in [1.82, 2.24) is 5.32 Å². The lowest BCUT2D eigenvalue weighted by Crippen LogP contribution is -2.30. The summed E-state index contributed by atoms with van der Waals surface area (Å²) < 4.78 is 33.8. The van der Waals surface area contributed by atoms with Crippen LogP contribution < -0.4 is 14.8 Å². The number of hydrogen-bond acceptors (Lipinski definition) is 5. The van der Waals surface area contributed by atoms with Crippen molar-refractivity contribution in [3.05, 3.63) is 23.3 Å². The Labute approximate surface area is 125 Å². The molecule has 0 bridgehead atoms. The SMILES string of the molecule is CS(=O)(=O)CCCC1NCCc2cc3c(cc21)OCCO3. The Kier molecular flexibility index (Phi) is 4.08. The Balaban J connectivity index is 1.77. The van der Waals surface area contributed by atoms with Crippen LogP contribution in [0.25, 0.3) is 0 Å². The van der Waals surface area contributed by atoms with Crippen molar-refractivity contribution in [2.24, 2.45) is 0 Å². The van der Waals surface area contributed by atoms with Gasteiger partial charge in [0, 0.05) is 18.1 Å². The first kappa shape index (κ1) is 14.7. The van der Waals surface area contributed by atoms with E-state index in [0.717, 1.165) is 30.9 Å². The normalized spacial score (nSPS) is 20.9. The summed E-state index contributed by atoms with van der Waals surface area (Å²) in [5.41, 5.74) is 2.50. The van der Waals surface area contributed by atoms with Gasteiger partial charge < -0.3 is 14.8 Å². The van der Waals surface area contributed by atoms with E-state index < -0.39 is 9.84 Å². The molecular weight excluding hydrogens is 290 g/mol. The summed E-state index contributed by atoms with van der Waals surface area (Å²) in [6.07, 6.45) is 3.75. The fourth-order valence-electron chi connectivity index (χ4n) is 2.99. The Morgan fingerprint density at radius 1 is 1.24 bits per heavy atom. The molecule has 0 fully saturated rings. The van der Waals surface area contributed by atoms with E-state index in [2.05, 4.69) is 17.4 Å². The molecule has 2 heterocycles. The second-order valence-corrected chi connectivity index (χ2v) is 7.98. The van der Waals surface area contributed by atoms with Gasteiger partial charge in [0.2, 0.25) is 0 Å². The molecule has 1 atom stereocenters. The third-order valence-electron chi connectivity index (χ3n) is 3.97. The molecule has 2 aliphatic heterocycles. The largest absolute Gasteiger partial charge is 0.486 e. The minimum atomic E-state index is -2.89. The number of fused-ring (bicyclic) bond motifs is 2. The summed E-state index contributed by atoms with van der Waals surface area (Å²) in [5, 5.41) is 3.48. The molecule has 0 spiro atoms. The van der Waals surface area contributed by atoms with Gasteiger partial charge in [-0.25, -0.2) is 8.42 Å². The van der Waals surface area contributed by atoms with Gasteiger partial charge in [0.05, 0.1) is 0 Å². The number of hydrogen-bond donors (Lipinski definition) is 1. The molecule has 5 nitrogen and oxygen atoms in total. The highest BCUT2D eigenvalue weighted by Gasteiger charge is 2.24. The molecule has 1 aromatic rings. The monoisotopic (exact) mass is 311 g/mol. The van der Waals surface area contributed by atoms with Crippen LogP contribution in [0.5, 0.6) is 11.5 Å². The summed E-state index contributed by atoms with van der Waals surface area (Å²) >= 11 is 0. The first-order valence-corrected chi connectivity index (χ1v) is 9.42. The number of rotatable bonds is 4. The molecule has 0 radical (unpaired) electrons. The van der Waals surface area contributed by atoms with Crippen LogP contribution in [0.15, 0.2) is 12.1 Å². The van der Waals surface area contributed by atoms with Gasteiger partial charge in [-0.2, -0.15) is 0 Å². The fraction of sp³-hybridized carbons (Fsp3) is 0.600. The van der Waals surface area contributed by atoms with Crippen LogP contribution in [-0.2, 0) is 16.3 Å². The smallest absolute Gasteiger partial charge is 0.161 e. The molecule has 0 amide bonds. The zero-order chi connectivity index (χ0) is 14.9. The predicted molar refractivity (Wildman–Crippen MR) is 80.8 cm³/mol. The number of ether oxygens (including phenoxy) is 2. The van der Waals surface area contributed by atoms with Crippen molar-refractivity contribution < 1.29 is 17.9 Å². The van der Waals surface area contributed by atoms with Crippen molar-refractivity contribution in [2.75, 3.05) is 31.8 Å². The Hall–Kier alpha value is -1.27. The third kappa shape index (κ3) is 3.49. The molecule has 6 heteroatoms. The van der Waals surface area contributed by atoms with Crippen molar-refractivity contribution in [2.45, 2.75) is 25.3 Å². The molecule has 3 rings (SSSR count). The summed E-state index contributed by atoms with van der Waals surface area (Å²) in [6, 6.07) is 4.33. The maximum Gasteiger partial charge on any atom is 0.161 e. The summed E-state index contributed by atoms with van der Waals surface area (Å²) in [5.74, 6) is 1.87. The Morgan fingerprint density at radius 3 is 2.67 bits per heavy atom. The van der Waals surface area contributed by atoms with Gasteiger partial charge in [0.15, 0.2) is 11.5 Å². The lowest BCUT2D eigenvalue weighted by Gasteiger charge is -2.29. The lowest BCUT2D eigenvalue weighted by molar-refractivity contribution is 0.171. The van der Waals surface area contributed by atoms with Crippen molar-refractivity contribution in [3.8, 4) is 11.5 Å². The van der Waals surface area contributed by atoms with E-state index in [-0.39, 0.29) is 11.8 Å². The van der Waals surface area contributed by atoms with Crippen LogP contribution in [0.3, 0.4) is 0 Å². The van der Waals surface area contributed by atoms with Crippen LogP contribution in [0.4, 0.5) is 0 Å². The van der Waals surface area contributed by atoms with Gasteiger partial charge in [0.1, 0.15) is 23.1 Å². The summed E-state index contributed by atoms with van der Waals surface area (Å²) in [4.78, 5) is 0. The highest BCUT2D eigenvalue weighted by Crippen LogP contribution is 2.38. The summed E-state index contributed by atoms with van der Waals surface area (Å²) in [7, 11) is -2.89. The molecule has 1 aromatic carbocycles. The lowest BCUT2D eigenvalue weighted by atomic mass is 9.91. The number of benzene rings is 1. The predicted octanol–water partition coefficient (Wildman–Crippen LogP) is 1.47. The van der Waals surface area contributed by atoms with E-state index in [9.17, 15) is 8.42 Å². The highest BCUT2D eigenvalue weighted by molar-refractivity contribution is 7.90. The van der Waals surface area contributed by atoms with E-state index in [1.165, 1.54) is 17.4 Å². The maximum atomic E-state index is 11.3. The molecule has 116 valence electrons. The Morgan fingerprint density at radius 2 is 1.95 bits per heavy atom. The van der Waals surface area contributed by atoms with Gasteiger partial charge in [0.25, 0.3) is 0 Å². The Bertz CT molecular complexity index is 627. The quantitative estimate of drug-likeness (QED) is 0.912. The average Bonchev–Trinajstić information content (AvgIpc) is 2.44. The summed E-state index contributed by atoms with van der Waals surface area (Å²) in [6.45, 7) is 2.09. The second-order valence-electron chi connectivity index (χ2n) is 5.72. The number of nitrogens with one attached hydrogen (secondary N) is 1. The molecule has 0 aromatic heterocycles.